The van der Waals surface area contributed by atoms with Gasteiger partial charge in [-0.15, -0.1) is 0 Å². The Hall–Kier alpha value is -1.17. The van der Waals surface area contributed by atoms with Crippen LogP contribution in [-0.2, 0) is 4.79 Å². The highest BCUT2D eigenvalue weighted by Crippen LogP contribution is 2.16. The number of carbonyl (C=O) groups is 1. The van der Waals surface area contributed by atoms with Crippen LogP contribution in [0.4, 0.5) is 0 Å². The summed E-state index contributed by atoms with van der Waals surface area (Å²) in [5.74, 6) is -0.501. The Morgan fingerprint density at radius 2 is 0.702 bits per heavy atom. The number of hydrogen-bond acceptors (Lipinski definition) is 4. The van der Waals surface area contributed by atoms with Crippen LogP contribution in [0.25, 0.3) is 0 Å². The molecule has 0 aliphatic rings. The van der Waals surface area contributed by atoms with E-state index in [0.717, 1.165) is 32.1 Å². The van der Waals surface area contributed by atoms with Crippen LogP contribution in [-0.4, -0.2) is 46.1 Å². The third-order valence-corrected chi connectivity index (χ3v) is 12.0. The molecule has 0 aromatic carbocycles. The largest absolute Gasteiger partial charge is 0.394 e. The number of allylic oxidation sites excluding steroid dienone is 3. The maximum atomic E-state index is 12.5. The molecule has 0 aliphatic carbocycles. The van der Waals surface area contributed by atoms with Crippen molar-refractivity contribution in [3.05, 3.63) is 24.3 Å². The number of carbonyl (C=O) groups excluding carboxylic acids is 1. The van der Waals surface area contributed by atoms with Crippen molar-refractivity contribution < 1.29 is 20.1 Å². The van der Waals surface area contributed by atoms with Gasteiger partial charge < -0.3 is 20.6 Å². The molecule has 0 radical (unpaired) electrons. The van der Waals surface area contributed by atoms with E-state index in [1.165, 1.54) is 225 Å². The fraction of sp³-hybridized carbons (Fsp3) is 0.904. The lowest BCUT2D eigenvalue weighted by atomic mass is 10.0. The summed E-state index contributed by atoms with van der Waals surface area (Å²) >= 11 is 0. The summed E-state index contributed by atoms with van der Waals surface area (Å²) in [5.41, 5.74) is 0. The van der Waals surface area contributed by atoms with Gasteiger partial charge in [-0.1, -0.05) is 256 Å². The average Bonchev–Trinajstić information content (AvgIpc) is 3.22. The number of nitrogens with one attached hydrogen (secondary N) is 1. The third-order valence-electron chi connectivity index (χ3n) is 12.0. The number of aliphatic hydroxyl groups excluding tert-OH is 3. The SMILES string of the molecule is CCCCCCCCCCCCCC/C=C\CCCCCCCCCCCCCC(O)C(=O)NC(CO)C(O)/C=C/CCCCCCCCCCCCCCCC. The number of amides is 1. The van der Waals surface area contributed by atoms with Crippen molar-refractivity contribution in [3.63, 3.8) is 0 Å². The lowest BCUT2D eigenvalue weighted by Crippen LogP contribution is -2.48. The van der Waals surface area contributed by atoms with Gasteiger partial charge in [-0.25, -0.2) is 0 Å². The second kappa shape index (κ2) is 47.5. The van der Waals surface area contributed by atoms with Crippen LogP contribution in [0.15, 0.2) is 24.3 Å². The minimum Gasteiger partial charge on any atom is -0.394 e. The standard InChI is InChI=1S/C52H101NO4/c1-3-5-7-9-11-13-15-17-19-21-22-23-24-25-26-27-28-29-30-31-33-35-37-39-41-43-45-47-51(56)52(57)53-49(48-54)50(55)46-44-42-40-38-36-34-32-20-18-16-14-12-10-8-6-4-2/h25-26,44,46,49-51,54-56H,3-24,27-43,45,47-48H2,1-2H3,(H,53,57)/b26-25-,46-44+. The van der Waals surface area contributed by atoms with E-state index in [2.05, 4.69) is 31.3 Å². The second-order valence-corrected chi connectivity index (χ2v) is 17.7. The first kappa shape index (κ1) is 55.8. The smallest absolute Gasteiger partial charge is 0.249 e. The van der Waals surface area contributed by atoms with Crippen LogP contribution in [0.5, 0.6) is 0 Å². The molecule has 0 spiro atoms. The predicted molar refractivity (Wildman–Crippen MR) is 250 cm³/mol. The molecular weight excluding hydrogens is 703 g/mol. The summed E-state index contributed by atoms with van der Waals surface area (Å²) in [7, 11) is 0. The third kappa shape index (κ3) is 42.8. The Morgan fingerprint density at radius 3 is 1.02 bits per heavy atom. The molecular formula is C52H101NO4. The molecule has 0 rings (SSSR count). The Morgan fingerprint density at radius 1 is 0.421 bits per heavy atom. The molecule has 5 heteroatoms. The molecule has 0 aliphatic heterocycles. The molecule has 57 heavy (non-hydrogen) atoms. The highest BCUT2D eigenvalue weighted by molar-refractivity contribution is 5.80. The second-order valence-electron chi connectivity index (χ2n) is 17.7. The summed E-state index contributed by atoms with van der Waals surface area (Å²) in [5, 5.41) is 33.3. The van der Waals surface area contributed by atoms with Gasteiger partial charge in [-0.3, -0.25) is 4.79 Å². The lowest BCUT2D eigenvalue weighted by Gasteiger charge is -2.21. The first-order valence-electron chi connectivity index (χ1n) is 25.7. The fourth-order valence-corrected chi connectivity index (χ4v) is 8.01. The monoisotopic (exact) mass is 804 g/mol. The molecule has 0 aromatic rings. The zero-order valence-electron chi connectivity index (χ0n) is 38.5. The van der Waals surface area contributed by atoms with Crippen LogP contribution >= 0.6 is 0 Å². The fourth-order valence-electron chi connectivity index (χ4n) is 8.01. The molecule has 338 valence electrons. The molecule has 3 unspecified atom stereocenters. The van der Waals surface area contributed by atoms with Gasteiger partial charge in [-0.05, 0) is 44.9 Å². The van der Waals surface area contributed by atoms with Crippen molar-refractivity contribution in [1.29, 1.82) is 0 Å². The van der Waals surface area contributed by atoms with E-state index >= 15 is 0 Å². The predicted octanol–water partition coefficient (Wildman–Crippen LogP) is 15.3. The average molecular weight is 804 g/mol. The van der Waals surface area contributed by atoms with E-state index in [4.69, 9.17) is 0 Å². The quantitative estimate of drug-likeness (QED) is 0.0364. The molecule has 0 heterocycles. The summed E-state index contributed by atoms with van der Waals surface area (Å²) in [4.78, 5) is 12.5. The highest BCUT2D eigenvalue weighted by atomic mass is 16.3. The van der Waals surface area contributed by atoms with Crippen LogP contribution in [0, 0.1) is 0 Å². The van der Waals surface area contributed by atoms with Crippen molar-refractivity contribution in [2.45, 2.75) is 295 Å². The van der Waals surface area contributed by atoms with Crippen LogP contribution in [0.3, 0.4) is 0 Å². The Kier molecular flexibility index (Phi) is 46.5. The Balaban J connectivity index is 3.57. The number of hydrogen-bond donors (Lipinski definition) is 4. The summed E-state index contributed by atoms with van der Waals surface area (Å²) in [6, 6.07) is -0.796. The van der Waals surface area contributed by atoms with Crippen molar-refractivity contribution in [3.8, 4) is 0 Å². The van der Waals surface area contributed by atoms with E-state index in [9.17, 15) is 20.1 Å². The normalized spacial score (nSPS) is 13.6. The van der Waals surface area contributed by atoms with E-state index in [1.807, 2.05) is 6.08 Å². The minimum absolute atomic E-state index is 0.361. The number of aliphatic hydroxyl groups is 3. The lowest BCUT2D eigenvalue weighted by molar-refractivity contribution is -0.131. The van der Waals surface area contributed by atoms with Gasteiger partial charge in [0.2, 0.25) is 5.91 Å². The minimum atomic E-state index is -1.10. The van der Waals surface area contributed by atoms with Gasteiger partial charge in [0.05, 0.1) is 18.8 Å². The molecule has 1 amide bonds. The zero-order valence-corrected chi connectivity index (χ0v) is 38.5. The van der Waals surface area contributed by atoms with E-state index in [0.29, 0.717) is 6.42 Å². The van der Waals surface area contributed by atoms with Crippen molar-refractivity contribution in [2.75, 3.05) is 6.61 Å². The molecule has 5 nitrogen and oxygen atoms in total. The summed E-state index contributed by atoms with van der Waals surface area (Å²) in [6.45, 7) is 4.20. The van der Waals surface area contributed by atoms with Crippen molar-refractivity contribution in [2.24, 2.45) is 0 Å². The molecule has 0 bridgehead atoms. The van der Waals surface area contributed by atoms with Crippen LogP contribution in [0.1, 0.15) is 277 Å². The van der Waals surface area contributed by atoms with Crippen molar-refractivity contribution >= 4 is 5.91 Å². The van der Waals surface area contributed by atoms with Gasteiger partial charge in [0.15, 0.2) is 0 Å². The topological polar surface area (TPSA) is 89.8 Å². The highest BCUT2D eigenvalue weighted by Gasteiger charge is 2.22. The van der Waals surface area contributed by atoms with E-state index in [1.54, 1.807) is 6.08 Å². The first-order valence-corrected chi connectivity index (χ1v) is 25.7. The van der Waals surface area contributed by atoms with Gasteiger partial charge in [0, 0.05) is 0 Å². The van der Waals surface area contributed by atoms with Gasteiger partial charge in [-0.2, -0.15) is 0 Å². The first-order chi connectivity index (χ1) is 28.1. The molecule has 4 N–H and O–H groups in total. The summed E-state index contributed by atoms with van der Waals surface area (Å²) in [6.07, 6.45) is 59.5. The van der Waals surface area contributed by atoms with Crippen molar-refractivity contribution in [1.82, 2.24) is 5.32 Å². The Bertz CT molecular complexity index is 844. The van der Waals surface area contributed by atoms with Gasteiger partial charge in [0.25, 0.3) is 0 Å². The van der Waals surface area contributed by atoms with E-state index in [-0.39, 0.29) is 6.61 Å². The number of rotatable bonds is 47. The van der Waals surface area contributed by atoms with Gasteiger partial charge >= 0.3 is 0 Å². The summed E-state index contributed by atoms with van der Waals surface area (Å²) < 4.78 is 0. The van der Waals surface area contributed by atoms with Crippen LogP contribution < -0.4 is 5.32 Å². The molecule has 0 saturated heterocycles. The number of unbranched alkanes of at least 4 members (excludes halogenated alkanes) is 37. The maximum Gasteiger partial charge on any atom is 0.249 e. The zero-order chi connectivity index (χ0) is 41.5. The molecule has 3 atom stereocenters. The van der Waals surface area contributed by atoms with E-state index < -0.39 is 24.2 Å². The molecule has 0 aromatic heterocycles. The van der Waals surface area contributed by atoms with Crippen LogP contribution in [0.2, 0.25) is 0 Å². The Labute approximate surface area is 356 Å². The van der Waals surface area contributed by atoms with Gasteiger partial charge in [0.1, 0.15) is 6.10 Å². The molecule has 0 saturated carbocycles. The molecule has 0 fully saturated rings. The maximum absolute atomic E-state index is 12.5.